The first-order valence-corrected chi connectivity index (χ1v) is 7.92. The standard InChI is InChI=1S/C17H21FN6/c1-19-17(22-7-9-24-8-6-20-12-24)21-5-4-13-11-23-16-3-2-14(18)10-15(13)16/h2-3,6,8,10-12,23H,4-5,7,9H2,1H3,(H2,19,21,22). The molecular formula is C17H21FN6. The molecule has 0 bridgehead atoms. The highest BCUT2D eigenvalue weighted by atomic mass is 19.1. The van der Waals surface area contributed by atoms with Crippen LogP contribution in [-0.2, 0) is 13.0 Å². The summed E-state index contributed by atoms with van der Waals surface area (Å²) in [5.41, 5.74) is 2.04. The predicted octanol–water partition coefficient (Wildman–Crippen LogP) is 1.91. The Balaban J connectivity index is 1.48. The molecule has 6 nitrogen and oxygen atoms in total. The zero-order valence-corrected chi connectivity index (χ0v) is 13.6. The molecule has 0 aliphatic rings. The molecule has 0 spiro atoms. The summed E-state index contributed by atoms with van der Waals surface area (Å²) in [6.45, 7) is 2.30. The molecule has 3 rings (SSSR count). The fourth-order valence-electron chi connectivity index (χ4n) is 2.62. The molecule has 0 unspecified atom stereocenters. The number of benzene rings is 1. The normalized spacial score (nSPS) is 11.8. The van der Waals surface area contributed by atoms with Gasteiger partial charge in [0, 0.05) is 56.2 Å². The van der Waals surface area contributed by atoms with Crippen molar-refractivity contribution in [3.8, 4) is 0 Å². The summed E-state index contributed by atoms with van der Waals surface area (Å²) in [5, 5.41) is 7.46. The van der Waals surface area contributed by atoms with Gasteiger partial charge in [-0.3, -0.25) is 4.99 Å². The van der Waals surface area contributed by atoms with Crippen LogP contribution in [-0.4, -0.2) is 40.6 Å². The lowest BCUT2D eigenvalue weighted by atomic mass is 10.1. The number of imidazole rings is 1. The van der Waals surface area contributed by atoms with Crippen LogP contribution in [0.15, 0.2) is 48.1 Å². The summed E-state index contributed by atoms with van der Waals surface area (Å²) < 4.78 is 15.4. The SMILES string of the molecule is CN=C(NCCc1c[nH]c2ccc(F)cc12)NCCn1ccnc1. The van der Waals surface area contributed by atoms with Gasteiger partial charge in [-0.15, -0.1) is 0 Å². The molecule has 3 N–H and O–H groups in total. The Morgan fingerprint density at radius 1 is 1.33 bits per heavy atom. The van der Waals surface area contributed by atoms with E-state index >= 15 is 0 Å². The van der Waals surface area contributed by atoms with Crippen LogP contribution < -0.4 is 10.6 Å². The van der Waals surface area contributed by atoms with Gasteiger partial charge in [-0.1, -0.05) is 0 Å². The van der Waals surface area contributed by atoms with Crippen LogP contribution in [0.3, 0.4) is 0 Å². The quantitative estimate of drug-likeness (QED) is 0.478. The minimum absolute atomic E-state index is 0.215. The molecular weight excluding hydrogens is 307 g/mol. The summed E-state index contributed by atoms with van der Waals surface area (Å²) >= 11 is 0. The molecule has 2 heterocycles. The Morgan fingerprint density at radius 3 is 3.00 bits per heavy atom. The highest BCUT2D eigenvalue weighted by molar-refractivity contribution is 5.83. The summed E-state index contributed by atoms with van der Waals surface area (Å²) in [4.78, 5) is 11.4. The molecule has 126 valence electrons. The summed E-state index contributed by atoms with van der Waals surface area (Å²) in [6.07, 6.45) is 8.19. The number of rotatable bonds is 6. The van der Waals surface area contributed by atoms with E-state index in [9.17, 15) is 4.39 Å². The number of aromatic amines is 1. The lowest BCUT2D eigenvalue weighted by Crippen LogP contribution is -2.39. The van der Waals surface area contributed by atoms with Gasteiger partial charge in [-0.25, -0.2) is 9.37 Å². The van der Waals surface area contributed by atoms with Gasteiger partial charge in [0.1, 0.15) is 5.82 Å². The van der Waals surface area contributed by atoms with Gasteiger partial charge in [0.25, 0.3) is 0 Å². The molecule has 0 amide bonds. The van der Waals surface area contributed by atoms with Crippen molar-refractivity contribution in [2.75, 3.05) is 20.1 Å². The smallest absolute Gasteiger partial charge is 0.191 e. The molecule has 3 aromatic rings. The average Bonchev–Trinajstić information content (AvgIpc) is 3.23. The zero-order chi connectivity index (χ0) is 16.8. The van der Waals surface area contributed by atoms with Crippen molar-refractivity contribution >= 4 is 16.9 Å². The third kappa shape index (κ3) is 3.92. The van der Waals surface area contributed by atoms with Gasteiger partial charge in [-0.05, 0) is 30.2 Å². The van der Waals surface area contributed by atoms with Crippen molar-refractivity contribution in [2.24, 2.45) is 4.99 Å². The van der Waals surface area contributed by atoms with Crippen molar-refractivity contribution in [2.45, 2.75) is 13.0 Å². The van der Waals surface area contributed by atoms with Crippen LogP contribution >= 0.6 is 0 Å². The summed E-state index contributed by atoms with van der Waals surface area (Å²) in [7, 11) is 1.74. The number of H-pyrrole nitrogens is 1. The highest BCUT2D eigenvalue weighted by Gasteiger charge is 2.05. The molecule has 7 heteroatoms. The minimum Gasteiger partial charge on any atom is -0.361 e. The molecule has 0 fully saturated rings. The van der Waals surface area contributed by atoms with Crippen molar-refractivity contribution in [3.05, 3.63) is 54.5 Å². The van der Waals surface area contributed by atoms with Gasteiger partial charge in [0.2, 0.25) is 0 Å². The number of halogens is 1. The maximum absolute atomic E-state index is 13.4. The Morgan fingerprint density at radius 2 is 2.21 bits per heavy atom. The molecule has 0 aliphatic heterocycles. The maximum atomic E-state index is 13.4. The number of guanidine groups is 1. The molecule has 24 heavy (non-hydrogen) atoms. The first kappa shape index (κ1) is 16.0. The Bertz CT molecular complexity index is 806. The molecule has 0 atom stereocenters. The number of hydrogen-bond acceptors (Lipinski definition) is 2. The van der Waals surface area contributed by atoms with Crippen molar-refractivity contribution in [1.29, 1.82) is 0 Å². The maximum Gasteiger partial charge on any atom is 0.191 e. The van der Waals surface area contributed by atoms with Crippen LogP contribution in [0.25, 0.3) is 10.9 Å². The largest absolute Gasteiger partial charge is 0.361 e. The number of nitrogens with zero attached hydrogens (tertiary/aromatic N) is 3. The molecule has 0 saturated heterocycles. The predicted molar refractivity (Wildman–Crippen MR) is 93.6 cm³/mol. The van der Waals surface area contributed by atoms with Crippen LogP contribution in [0.2, 0.25) is 0 Å². The zero-order valence-electron chi connectivity index (χ0n) is 13.6. The minimum atomic E-state index is -0.215. The molecule has 1 aromatic carbocycles. The Kier molecular flexibility index (Phi) is 5.10. The fourth-order valence-corrected chi connectivity index (χ4v) is 2.62. The highest BCUT2D eigenvalue weighted by Crippen LogP contribution is 2.19. The first-order chi connectivity index (χ1) is 11.8. The monoisotopic (exact) mass is 328 g/mol. The van der Waals surface area contributed by atoms with Crippen LogP contribution in [0.1, 0.15) is 5.56 Å². The van der Waals surface area contributed by atoms with E-state index in [0.717, 1.165) is 41.9 Å². The van der Waals surface area contributed by atoms with E-state index in [1.54, 1.807) is 31.7 Å². The van der Waals surface area contributed by atoms with E-state index in [0.29, 0.717) is 6.54 Å². The van der Waals surface area contributed by atoms with Gasteiger partial charge in [0.15, 0.2) is 5.96 Å². The number of aliphatic imine (C=N–C) groups is 1. The number of aromatic nitrogens is 3. The van der Waals surface area contributed by atoms with Crippen LogP contribution in [0.4, 0.5) is 4.39 Å². The lowest BCUT2D eigenvalue weighted by Gasteiger charge is -2.12. The number of hydrogen-bond donors (Lipinski definition) is 3. The van der Waals surface area contributed by atoms with E-state index in [-0.39, 0.29) is 5.82 Å². The number of nitrogens with one attached hydrogen (secondary N) is 3. The van der Waals surface area contributed by atoms with Crippen molar-refractivity contribution in [1.82, 2.24) is 25.2 Å². The lowest BCUT2D eigenvalue weighted by molar-refractivity contribution is 0.629. The van der Waals surface area contributed by atoms with E-state index in [1.807, 2.05) is 17.0 Å². The van der Waals surface area contributed by atoms with Gasteiger partial charge in [0.05, 0.1) is 6.33 Å². The van der Waals surface area contributed by atoms with E-state index in [2.05, 4.69) is 25.6 Å². The van der Waals surface area contributed by atoms with Crippen LogP contribution in [0.5, 0.6) is 0 Å². The third-order valence-corrected chi connectivity index (χ3v) is 3.86. The second-order valence-corrected chi connectivity index (χ2v) is 5.48. The van der Waals surface area contributed by atoms with Crippen molar-refractivity contribution in [3.63, 3.8) is 0 Å². The van der Waals surface area contributed by atoms with E-state index in [1.165, 1.54) is 6.07 Å². The third-order valence-electron chi connectivity index (χ3n) is 3.86. The van der Waals surface area contributed by atoms with E-state index in [4.69, 9.17) is 0 Å². The average molecular weight is 328 g/mol. The molecule has 0 radical (unpaired) electrons. The van der Waals surface area contributed by atoms with Gasteiger partial charge < -0.3 is 20.2 Å². The fraction of sp³-hybridized carbons (Fsp3) is 0.294. The molecule has 2 aromatic heterocycles. The van der Waals surface area contributed by atoms with E-state index < -0.39 is 0 Å². The second kappa shape index (κ2) is 7.63. The van der Waals surface area contributed by atoms with Gasteiger partial charge >= 0.3 is 0 Å². The van der Waals surface area contributed by atoms with Crippen LogP contribution in [0, 0.1) is 5.82 Å². The molecule has 0 saturated carbocycles. The van der Waals surface area contributed by atoms with Gasteiger partial charge in [-0.2, -0.15) is 0 Å². The second-order valence-electron chi connectivity index (χ2n) is 5.48. The Labute approximate surface area is 139 Å². The summed E-state index contributed by atoms with van der Waals surface area (Å²) in [6, 6.07) is 4.80. The topological polar surface area (TPSA) is 70.0 Å². The number of fused-ring (bicyclic) bond motifs is 1. The first-order valence-electron chi connectivity index (χ1n) is 7.92. The Hall–Kier alpha value is -2.83. The van der Waals surface area contributed by atoms with Crippen molar-refractivity contribution < 1.29 is 4.39 Å². The summed E-state index contributed by atoms with van der Waals surface area (Å²) in [5.74, 6) is 0.537. The molecule has 0 aliphatic carbocycles.